The second-order valence-corrected chi connectivity index (χ2v) is 5.40. The Bertz CT molecular complexity index is 544. The highest BCUT2D eigenvalue weighted by molar-refractivity contribution is 5.68. The van der Waals surface area contributed by atoms with Crippen molar-refractivity contribution in [1.82, 2.24) is 0 Å². The van der Waals surface area contributed by atoms with Gasteiger partial charge in [0, 0.05) is 11.6 Å². The Hall–Kier alpha value is -2.02. The van der Waals surface area contributed by atoms with Crippen LogP contribution >= 0.6 is 0 Å². The maximum Gasteiger partial charge on any atom is 0.0228 e. The van der Waals surface area contributed by atoms with Crippen LogP contribution in [0.25, 0.3) is 5.57 Å². The van der Waals surface area contributed by atoms with E-state index in [2.05, 4.69) is 64.3 Å². The first-order valence-corrected chi connectivity index (χ1v) is 7.49. The number of allylic oxidation sites excluding steroid dienone is 5. The van der Waals surface area contributed by atoms with Gasteiger partial charge in [0.15, 0.2) is 0 Å². The van der Waals surface area contributed by atoms with Gasteiger partial charge in [0.1, 0.15) is 0 Å². The predicted octanol–water partition coefficient (Wildman–Crippen LogP) is 5.40. The van der Waals surface area contributed by atoms with Crippen LogP contribution in [0.2, 0.25) is 0 Å². The molecule has 0 heterocycles. The molecule has 21 heavy (non-hydrogen) atoms. The molecular formula is C20H27N. The molecule has 0 saturated heterocycles. The fraction of sp³-hybridized carbons (Fsp3) is 0.300. The van der Waals surface area contributed by atoms with Gasteiger partial charge in [0.05, 0.1) is 0 Å². The number of aryl methyl sites for hydroxylation is 1. The molecule has 0 fully saturated rings. The van der Waals surface area contributed by atoms with E-state index in [1.807, 2.05) is 6.08 Å². The maximum absolute atomic E-state index is 6.05. The number of hydrogen-bond donors (Lipinski definition) is 1. The summed E-state index contributed by atoms with van der Waals surface area (Å²) in [7, 11) is 0. The van der Waals surface area contributed by atoms with Crippen molar-refractivity contribution in [3.63, 3.8) is 0 Å². The lowest BCUT2D eigenvalue weighted by Crippen LogP contribution is -2.14. The monoisotopic (exact) mass is 281 g/mol. The second-order valence-electron chi connectivity index (χ2n) is 5.40. The molecule has 1 aromatic rings. The van der Waals surface area contributed by atoms with Gasteiger partial charge in [-0.3, -0.25) is 0 Å². The first-order chi connectivity index (χ1) is 10.0. The average Bonchev–Trinajstić information content (AvgIpc) is 2.46. The predicted molar refractivity (Wildman–Crippen MR) is 94.8 cm³/mol. The summed E-state index contributed by atoms with van der Waals surface area (Å²) in [5.74, 6) is 0.188. The van der Waals surface area contributed by atoms with Crippen LogP contribution in [-0.4, -0.2) is 0 Å². The standard InChI is InChI=1S/C20H27N/c1-6-8-9-10-20(17(5)21)19(7-2)16(4)18-13-11-15(3)12-14-18/h6,8-9,11-14,20H,1,5,7,10,21H2,2-4H3/b9-8-,19-16+. The van der Waals surface area contributed by atoms with Gasteiger partial charge in [-0.15, -0.1) is 0 Å². The first-order valence-electron chi connectivity index (χ1n) is 7.49. The Kier molecular flexibility index (Phi) is 6.74. The van der Waals surface area contributed by atoms with Gasteiger partial charge >= 0.3 is 0 Å². The van der Waals surface area contributed by atoms with Crippen LogP contribution in [0.1, 0.15) is 37.8 Å². The highest BCUT2D eigenvalue weighted by atomic mass is 14.6. The SMILES string of the molecule is C=C/C=C\CC(C(=C)N)/C(CC)=C(\C)c1ccc(C)cc1. The smallest absolute Gasteiger partial charge is 0.0228 e. The van der Waals surface area contributed by atoms with E-state index in [0.29, 0.717) is 0 Å². The van der Waals surface area contributed by atoms with Crippen LogP contribution < -0.4 is 5.73 Å². The number of hydrogen-bond acceptors (Lipinski definition) is 1. The van der Waals surface area contributed by atoms with Crippen molar-refractivity contribution >= 4 is 5.57 Å². The summed E-state index contributed by atoms with van der Waals surface area (Å²) >= 11 is 0. The minimum Gasteiger partial charge on any atom is -0.402 e. The molecule has 0 aliphatic carbocycles. The molecule has 1 rings (SSSR count). The molecule has 1 atom stereocenters. The van der Waals surface area contributed by atoms with E-state index in [0.717, 1.165) is 18.5 Å². The van der Waals surface area contributed by atoms with Crippen LogP contribution in [0, 0.1) is 12.8 Å². The highest BCUT2D eigenvalue weighted by Crippen LogP contribution is 2.31. The lowest BCUT2D eigenvalue weighted by atomic mass is 9.85. The van der Waals surface area contributed by atoms with Gasteiger partial charge in [0.2, 0.25) is 0 Å². The van der Waals surface area contributed by atoms with Crippen molar-refractivity contribution < 1.29 is 0 Å². The Morgan fingerprint density at radius 3 is 2.38 bits per heavy atom. The largest absolute Gasteiger partial charge is 0.402 e. The first kappa shape index (κ1) is 17.0. The average molecular weight is 281 g/mol. The maximum atomic E-state index is 6.05. The summed E-state index contributed by atoms with van der Waals surface area (Å²) in [4.78, 5) is 0. The normalized spacial score (nSPS) is 13.9. The van der Waals surface area contributed by atoms with Gasteiger partial charge in [0.25, 0.3) is 0 Å². The van der Waals surface area contributed by atoms with Gasteiger partial charge in [-0.05, 0) is 37.8 Å². The zero-order chi connectivity index (χ0) is 15.8. The minimum atomic E-state index is 0.188. The Labute approximate surface area is 129 Å². The fourth-order valence-corrected chi connectivity index (χ4v) is 2.59. The van der Waals surface area contributed by atoms with Crippen LogP contribution in [0.4, 0.5) is 0 Å². The minimum absolute atomic E-state index is 0.188. The van der Waals surface area contributed by atoms with Crippen molar-refractivity contribution in [3.8, 4) is 0 Å². The summed E-state index contributed by atoms with van der Waals surface area (Å²) in [5, 5.41) is 0. The van der Waals surface area contributed by atoms with Crippen LogP contribution in [0.5, 0.6) is 0 Å². The molecule has 0 saturated carbocycles. The molecular weight excluding hydrogens is 254 g/mol. The quantitative estimate of drug-likeness (QED) is 0.665. The van der Waals surface area contributed by atoms with E-state index in [1.165, 1.54) is 22.3 Å². The van der Waals surface area contributed by atoms with Crippen LogP contribution in [0.15, 0.2) is 66.9 Å². The summed E-state index contributed by atoms with van der Waals surface area (Å²) in [6.45, 7) is 14.1. The molecule has 0 spiro atoms. The number of rotatable bonds is 7. The van der Waals surface area contributed by atoms with Crippen molar-refractivity contribution in [2.75, 3.05) is 0 Å². The topological polar surface area (TPSA) is 26.0 Å². The van der Waals surface area contributed by atoms with E-state index in [-0.39, 0.29) is 5.92 Å². The van der Waals surface area contributed by atoms with Crippen molar-refractivity contribution in [2.24, 2.45) is 11.7 Å². The zero-order valence-electron chi connectivity index (χ0n) is 13.5. The Balaban J connectivity index is 3.18. The third-order valence-corrected chi connectivity index (χ3v) is 3.86. The third kappa shape index (κ3) is 4.78. The summed E-state index contributed by atoms with van der Waals surface area (Å²) in [6, 6.07) is 8.65. The third-order valence-electron chi connectivity index (χ3n) is 3.86. The molecule has 112 valence electrons. The van der Waals surface area contributed by atoms with E-state index in [4.69, 9.17) is 5.73 Å². The highest BCUT2D eigenvalue weighted by Gasteiger charge is 2.16. The lowest BCUT2D eigenvalue weighted by molar-refractivity contribution is 0.692. The molecule has 0 aromatic heterocycles. The summed E-state index contributed by atoms with van der Waals surface area (Å²) in [6.07, 6.45) is 7.70. The van der Waals surface area contributed by atoms with Crippen LogP contribution in [-0.2, 0) is 0 Å². The van der Waals surface area contributed by atoms with Gasteiger partial charge in [-0.2, -0.15) is 0 Å². The molecule has 0 bridgehead atoms. The molecule has 1 nitrogen and oxygen atoms in total. The van der Waals surface area contributed by atoms with Crippen LogP contribution in [0.3, 0.4) is 0 Å². The van der Waals surface area contributed by atoms with E-state index >= 15 is 0 Å². The summed E-state index contributed by atoms with van der Waals surface area (Å²) in [5.41, 5.74) is 12.0. The molecule has 1 unspecified atom stereocenters. The Morgan fingerprint density at radius 2 is 1.90 bits per heavy atom. The van der Waals surface area contributed by atoms with Crippen molar-refractivity contribution in [3.05, 3.63) is 78.0 Å². The zero-order valence-corrected chi connectivity index (χ0v) is 13.5. The number of nitrogens with two attached hydrogens (primary N) is 1. The number of benzene rings is 1. The lowest BCUT2D eigenvalue weighted by Gasteiger charge is -2.21. The van der Waals surface area contributed by atoms with E-state index in [9.17, 15) is 0 Å². The molecule has 0 aliphatic rings. The fourth-order valence-electron chi connectivity index (χ4n) is 2.59. The molecule has 1 aromatic carbocycles. The van der Waals surface area contributed by atoms with Gasteiger partial charge < -0.3 is 5.73 Å². The van der Waals surface area contributed by atoms with Crippen molar-refractivity contribution in [1.29, 1.82) is 0 Å². The molecule has 0 radical (unpaired) electrons. The summed E-state index contributed by atoms with van der Waals surface area (Å²) < 4.78 is 0. The second kappa shape index (κ2) is 8.31. The van der Waals surface area contributed by atoms with Gasteiger partial charge in [-0.25, -0.2) is 0 Å². The molecule has 0 amide bonds. The van der Waals surface area contributed by atoms with Crippen molar-refractivity contribution in [2.45, 2.75) is 33.6 Å². The van der Waals surface area contributed by atoms with E-state index in [1.54, 1.807) is 6.08 Å². The molecule has 1 heteroatoms. The van der Waals surface area contributed by atoms with E-state index < -0.39 is 0 Å². The molecule has 2 N–H and O–H groups in total. The Morgan fingerprint density at radius 1 is 1.29 bits per heavy atom. The molecule has 0 aliphatic heterocycles. The van der Waals surface area contributed by atoms with Gasteiger partial charge in [-0.1, -0.05) is 73.7 Å².